The molecule has 1 amide bonds. The topological polar surface area (TPSA) is 83.6 Å². The van der Waals surface area contributed by atoms with Crippen molar-refractivity contribution >= 4 is 23.3 Å². The third-order valence-electron chi connectivity index (χ3n) is 5.72. The number of carbonyl (C=O) groups is 2. The molecular formula is C26H26N2O4. The Hall–Kier alpha value is -3.67. The number of hydrogen-bond donors (Lipinski definition) is 1. The summed E-state index contributed by atoms with van der Waals surface area (Å²) in [6.45, 7) is 10.00. The maximum Gasteiger partial charge on any atom is 0.301 e. The zero-order valence-corrected chi connectivity index (χ0v) is 18.8. The van der Waals surface area contributed by atoms with E-state index < -0.39 is 17.7 Å². The Labute approximate surface area is 187 Å². The molecule has 3 aromatic rings. The number of carbonyl (C=O) groups excluding carboxylic acids is 2. The van der Waals surface area contributed by atoms with Crippen molar-refractivity contribution in [1.29, 1.82) is 0 Å². The number of rotatable bonds is 3. The van der Waals surface area contributed by atoms with Gasteiger partial charge in [-0.05, 0) is 30.4 Å². The van der Waals surface area contributed by atoms with Gasteiger partial charge < -0.3 is 9.63 Å². The lowest BCUT2D eigenvalue weighted by molar-refractivity contribution is -0.132. The molecule has 2 heterocycles. The molecule has 0 spiro atoms. The Kier molecular flexibility index (Phi) is 5.25. The molecule has 6 heteroatoms. The van der Waals surface area contributed by atoms with Crippen LogP contribution >= 0.6 is 0 Å². The molecule has 1 aliphatic heterocycles. The molecule has 32 heavy (non-hydrogen) atoms. The third kappa shape index (κ3) is 3.73. The van der Waals surface area contributed by atoms with Gasteiger partial charge in [-0.3, -0.25) is 14.5 Å². The minimum Gasteiger partial charge on any atom is -0.507 e. The minimum absolute atomic E-state index is 0.0306. The van der Waals surface area contributed by atoms with Crippen molar-refractivity contribution in [3.05, 3.63) is 88.2 Å². The van der Waals surface area contributed by atoms with Gasteiger partial charge in [-0.1, -0.05) is 80.0 Å². The number of Topliss-reactive ketones (excluding diaryl/α,β-unsaturated/α-hetero) is 1. The summed E-state index contributed by atoms with van der Waals surface area (Å²) in [4.78, 5) is 27.5. The first-order valence-electron chi connectivity index (χ1n) is 10.5. The average Bonchev–Trinajstić information content (AvgIpc) is 3.28. The van der Waals surface area contributed by atoms with Gasteiger partial charge in [0.1, 0.15) is 11.5 Å². The van der Waals surface area contributed by atoms with Crippen molar-refractivity contribution in [3.63, 3.8) is 0 Å². The summed E-state index contributed by atoms with van der Waals surface area (Å²) in [7, 11) is 0. The van der Waals surface area contributed by atoms with Gasteiger partial charge in [0.05, 0.1) is 11.6 Å². The predicted octanol–water partition coefficient (Wildman–Crippen LogP) is 5.22. The molecule has 0 aliphatic carbocycles. The zero-order valence-electron chi connectivity index (χ0n) is 18.8. The smallest absolute Gasteiger partial charge is 0.301 e. The van der Waals surface area contributed by atoms with E-state index in [1.165, 1.54) is 4.90 Å². The lowest BCUT2D eigenvalue weighted by Gasteiger charge is -2.24. The van der Waals surface area contributed by atoms with Crippen molar-refractivity contribution in [2.24, 2.45) is 0 Å². The second-order valence-corrected chi connectivity index (χ2v) is 9.20. The van der Waals surface area contributed by atoms with Crippen LogP contribution in [0.2, 0.25) is 0 Å². The number of ketones is 1. The first-order chi connectivity index (χ1) is 15.1. The molecule has 0 unspecified atom stereocenters. The van der Waals surface area contributed by atoms with Gasteiger partial charge in [-0.25, -0.2) is 0 Å². The van der Waals surface area contributed by atoms with Gasteiger partial charge in [-0.2, -0.15) is 0 Å². The van der Waals surface area contributed by atoms with E-state index in [2.05, 4.69) is 25.9 Å². The lowest BCUT2D eigenvalue weighted by Crippen LogP contribution is -2.29. The predicted molar refractivity (Wildman–Crippen MR) is 122 cm³/mol. The summed E-state index contributed by atoms with van der Waals surface area (Å²) in [5.41, 5.74) is 3.30. The van der Waals surface area contributed by atoms with Crippen LogP contribution in [-0.2, 0) is 15.0 Å². The lowest BCUT2D eigenvalue weighted by atomic mass is 9.85. The average molecular weight is 431 g/mol. The highest BCUT2D eigenvalue weighted by Gasteiger charge is 2.48. The molecule has 0 radical (unpaired) electrons. The normalized spacial score (nSPS) is 18.4. The van der Waals surface area contributed by atoms with Crippen LogP contribution in [0.25, 0.3) is 5.76 Å². The molecule has 1 aromatic heterocycles. The molecule has 2 aromatic carbocycles. The molecule has 1 N–H and O–H groups in total. The number of aliphatic hydroxyl groups excluding tert-OH is 1. The molecule has 1 aliphatic rings. The number of aromatic nitrogens is 1. The zero-order chi connectivity index (χ0) is 23.2. The summed E-state index contributed by atoms with van der Waals surface area (Å²) < 4.78 is 5.17. The van der Waals surface area contributed by atoms with Gasteiger partial charge >= 0.3 is 5.91 Å². The van der Waals surface area contributed by atoms with Crippen LogP contribution < -0.4 is 4.90 Å². The second kappa shape index (κ2) is 7.79. The Morgan fingerprint density at radius 2 is 1.62 bits per heavy atom. The number of benzene rings is 2. The van der Waals surface area contributed by atoms with Crippen molar-refractivity contribution < 1.29 is 19.2 Å². The Balaban J connectivity index is 1.91. The Morgan fingerprint density at radius 3 is 2.16 bits per heavy atom. The summed E-state index contributed by atoms with van der Waals surface area (Å²) in [6, 6.07) is 15.7. The largest absolute Gasteiger partial charge is 0.507 e. The monoisotopic (exact) mass is 430 g/mol. The fourth-order valence-corrected chi connectivity index (χ4v) is 3.88. The SMILES string of the molecule is Cc1ccc(/C(O)=C2\C(=O)C(=O)N(c3cc(C)on3)[C@@H]2c2ccc(C(C)(C)C)cc2)cc1. The van der Waals surface area contributed by atoms with Crippen LogP contribution in [0.5, 0.6) is 0 Å². The molecule has 0 saturated carbocycles. The van der Waals surface area contributed by atoms with Crippen molar-refractivity contribution in [2.75, 3.05) is 4.90 Å². The van der Waals surface area contributed by atoms with E-state index in [1.54, 1.807) is 25.1 Å². The van der Waals surface area contributed by atoms with Crippen LogP contribution in [-0.4, -0.2) is 22.0 Å². The van der Waals surface area contributed by atoms with Crippen LogP contribution in [0.1, 0.15) is 54.8 Å². The second-order valence-electron chi connectivity index (χ2n) is 9.20. The van der Waals surface area contributed by atoms with Gasteiger partial charge in [-0.15, -0.1) is 0 Å². The van der Waals surface area contributed by atoms with Crippen LogP contribution in [0.4, 0.5) is 5.82 Å². The van der Waals surface area contributed by atoms with E-state index in [9.17, 15) is 14.7 Å². The van der Waals surface area contributed by atoms with Crippen LogP contribution in [0.15, 0.2) is 64.7 Å². The van der Waals surface area contributed by atoms with E-state index in [0.29, 0.717) is 16.9 Å². The molecule has 1 fully saturated rings. The molecule has 164 valence electrons. The maximum atomic E-state index is 13.1. The summed E-state index contributed by atoms with van der Waals surface area (Å²) >= 11 is 0. The fourth-order valence-electron chi connectivity index (χ4n) is 3.88. The van der Waals surface area contributed by atoms with E-state index >= 15 is 0 Å². The van der Waals surface area contributed by atoms with Crippen molar-refractivity contribution in [3.8, 4) is 0 Å². The highest BCUT2D eigenvalue weighted by Crippen LogP contribution is 2.42. The molecule has 1 atom stereocenters. The highest BCUT2D eigenvalue weighted by atomic mass is 16.5. The quantitative estimate of drug-likeness (QED) is 0.350. The number of aliphatic hydroxyl groups is 1. The summed E-state index contributed by atoms with van der Waals surface area (Å²) in [5, 5.41) is 15.1. The fraction of sp³-hybridized carbons (Fsp3) is 0.269. The number of amides is 1. The standard InChI is InChI=1S/C26H26N2O4/c1-15-6-8-18(9-7-15)23(29)21-22(17-10-12-19(13-11-17)26(3,4)5)28(25(31)24(21)30)20-14-16(2)32-27-20/h6-14,22,29H,1-5H3/b23-21+/t22-/m1/s1. The first kappa shape index (κ1) is 21.6. The minimum atomic E-state index is -0.824. The molecule has 4 rings (SSSR count). The van der Waals surface area contributed by atoms with Crippen LogP contribution in [0, 0.1) is 13.8 Å². The van der Waals surface area contributed by atoms with Crippen LogP contribution in [0.3, 0.4) is 0 Å². The van der Waals surface area contributed by atoms with E-state index in [4.69, 9.17) is 4.52 Å². The number of nitrogens with zero attached hydrogens (tertiary/aromatic N) is 2. The van der Waals surface area contributed by atoms with E-state index in [1.807, 2.05) is 43.3 Å². The first-order valence-corrected chi connectivity index (χ1v) is 10.5. The van der Waals surface area contributed by atoms with Gasteiger partial charge in [0.25, 0.3) is 5.78 Å². The Morgan fingerprint density at radius 1 is 1.00 bits per heavy atom. The van der Waals surface area contributed by atoms with Gasteiger partial charge in [0, 0.05) is 11.6 Å². The number of aryl methyl sites for hydroxylation is 2. The van der Waals surface area contributed by atoms with E-state index in [-0.39, 0.29) is 22.6 Å². The third-order valence-corrected chi connectivity index (χ3v) is 5.72. The molecule has 6 nitrogen and oxygen atoms in total. The summed E-state index contributed by atoms with van der Waals surface area (Å²) in [5.74, 6) is -0.971. The van der Waals surface area contributed by atoms with Crippen molar-refractivity contribution in [1.82, 2.24) is 5.16 Å². The van der Waals surface area contributed by atoms with E-state index in [0.717, 1.165) is 11.1 Å². The highest BCUT2D eigenvalue weighted by molar-refractivity contribution is 6.51. The van der Waals surface area contributed by atoms with Gasteiger partial charge in [0.2, 0.25) is 0 Å². The molecular weight excluding hydrogens is 404 g/mol. The Bertz CT molecular complexity index is 1210. The van der Waals surface area contributed by atoms with Gasteiger partial charge in [0.15, 0.2) is 5.82 Å². The van der Waals surface area contributed by atoms with Crippen molar-refractivity contribution in [2.45, 2.75) is 46.1 Å². The maximum absolute atomic E-state index is 13.1. The molecule has 0 bridgehead atoms. The number of hydrogen-bond acceptors (Lipinski definition) is 5. The number of anilines is 1. The summed E-state index contributed by atoms with van der Waals surface area (Å²) in [6.07, 6.45) is 0. The molecule has 1 saturated heterocycles.